The van der Waals surface area contributed by atoms with Crippen molar-refractivity contribution in [3.63, 3.8) is 0 Å². The molecule has 12 nitrogen and oxygen atoms in total. The molecule has 0 bridgehead atoms. The molecular weight excluding hydrogens is 528 g/mol. The molecule has 3 fully saturated rings. The molecule has 0 saturated carbocycles. The summed E-state index contributed by atoms with van der Waals surface area (Å²) >= 11 is 0. The number of benzene rings is 2. The van der Waals surface area contributed by atoms with E-state index in [4.69, 9.17) is 28.4 Å². The Hall–Kier alpha value is -2.04. The van der Waals surface area contributed by atoms with Crippen LogP contribution in [0, 0.1) is 0 Å². The Labute approximate surface area is 231 Å². The van der Waals surface area contributed by atoms with Crippen LogP contribution >= 0.6 is 0 Å². The van der Waals surface area contributed by atoms with E-state index in [0.29, 0.717) is 0 Å². The normalized spacial score (nSPS) is 40.0. The maximum Gasteiger partial charge on any atom is 0.222 e. The number of hydrogen-bond acceptors (Lipinski definition) is 12. The van der Waals surface area contributed by atoms with E-state index in [0.717, 1.165) is 11.1 Å². The lowest BCUT2D eigenvalue weighted by molar-refractivity contribution is -0.468. The van der Waals surface area contributed by atoms with Crippen molar-refractivity contribution in [2.24, 2.45) is 0 Å². The zero-order valence-corrected chi connectivity index (χ0v) is 21.8. The van der Waals surface area contributed by atoms with Crippen molar-refractivity contribution in [3.05, 3.63) is 71.8 Å². The molecule has 0 unspecified atom stereocenters. The van der Waals surface area contributed by atoms with Gasteiger partial charge in [0.1, 0.15) is 62.0 Å². The van der Waals surface area contributed by atoms with Gasteiger partial charge in [-0.1, -0.05) is 60.7 Å². The molecule has 3 aliphatic rings. The second kappa shape index (κ2) is 12.4. The van der Waals surface area contributed by atoms with Crippen LogP contribution in [0.25, 0.3) is 0 Å². The highest BCUT2D eigenvalue weighted by molar-refractivity contribution is 5.14. The first-order valence-electron chi connectivity index (χ1n) is 13.2. The summed E-state index contributed by atoms with van der Waals surface area (Å²) in [5.74, 6) is -3.85. The molecule has 2 aromatic carbocycles. The summed E-state index contributed by atoms with van der Waals surface area (Å²) < 4.78 is 34.9. The topological polar surface area (TPSA) is 177 Å². The highest BCUT2D eigenvalue weighted by atomic mass is 16.8. The van der Waals surface area contributed by atoms with E-state index < -0.39 is 73.6 Å². The summed E-state index contributed by atoms with van der Waals surface area (Å²) in [5, 5.41) is 63.7. The lowest BCUT2D eigenvalue weighted by atomic mass is 9.89. The van der Waals surface area contributed by atoms with Crippen molar-refractivity contribution in [2.75, 3.05) is 26.4 Å². The highest BCUT2D eigenvalue weighted by Crippen LogP contribution is 2.41. The first kappa shape index (κ1) is 29.5. The number of hydrogen-bond donors (Lipinski definition) is 6. The number of rotatable bonds is 8. The van der Waals surface area contributed by atoms with E-state index >= 15 is 0 Å². The van der Waals surface area contributed by atoms with E-state index in [1.165, 1.54) is 0 Å². The van der Waals surface area contributed by atoms with E-state index in [1.54, 1.807) is 0 Å². The summed E-state index contributed by atoms with van der Waals surface area (Å²) in [4.78, 5) is 0. The lowest BCUT2D eigenvalue weighted by Crippen LogP contribution is -2.75. The van der Waals surface area contributed by atoms with Crippen molar-refractivity contribution in [1.82, 2.24) is 0 Å². The number of aliphatic hydroxyl groups is 6. The molecule has 40 heavy (non-hydrogen) atoms. The number of aliphatic hydroxyl groups excluding tert-OH is 6. The van der Waals surface area contributed by atoms with E-state index in [2.05, 4.69) is 0 Å². The van der Waals surface area contributed by atoms with Crippen LogP contribution in [0.1, 0.15) is 11.1 Å². The summed E-state index contributed by atoms with van der Waals surface area (Å²) in [6.45, 7) is -0.863. The fraction of sp³-hybridized carbons (Fsp3) is 0.571. The van der Waals surface area contributed by atoms with Gasteiger partial charge in [0.05, 0.1) is 26.4 Å². The second-order valence-electron chi connectivity index (χ2n) is 10.4. The average Bonchev–Trinajstić information content (AvgIpc) is 2.98. The SMILES string of the molecule is O[C@@H]1[C@H](O)[C@@H](O)[C@@]2(CO[C@]3(CO2)O[C@H](COCc2ccccc2)[C@H](O)[C@H](O)[C@H]3O)O[C@@H]1COCc1ccccc1. The van der Waals surface area contributed by atoms with Gasteiger partial charge in [-0.15, -0.1) is 0 Å². The van der Waals surface area contributed by atoms with Crippen molar-refractivity contribution in [2.45, 2.75) is 73.6 Å². The average molecular weight is 565 g/mol. The molecule has 220 valence electrons. The molecule has 0 radical (unpaired) electrons. The molecule has 12 heteroatoms. The molecule has 10 atom stereocenters. The first-order chi connectivity index (χ1) is 19.2. The molecule has 3 aliphatic heterocycles. The van der Waals surface area contributed by atoms with E-state index in [-0.39, 0.29) is 26.4 Å². The van der Waals surface area contributed by atoms with Crippen LogP contribution in [0.2, 0.25) is 0 Å². The van der Waals surface area contributed by atoms with Crippen molar-refractivity contribution < 1.29 is 59.1 Å². The molecular formula is C28H36O12. The molecule has 6 N–H and O–H groups in total. The highest BCUT2D eigenvalue weighted by Gasteiger charge is 2.63. The molecule has 0 amide bonds. The zero-order valence-electron chi connectivity index (χ0n) is 21.8. The molecule has 2 aromatic rings. The Morgan fingerprint density at radius 2 is 0.950 bits per heavy atom. The fourth-order valence-corrected chi connectivity index (χ4v) is 5.13. The van der Waals surface area contributed by atoms with Crippen molar-refractivity contribution >= 4 is 0 Å². The van der Waals surface area contributed by atoms with Gasteiger partial charge in [-0.25, -0.2) is 0 Å². The predicted molar refractivity (Wildman–Crippen MR) is 135 cm³/mol. The van der Waals surface area contributed by atoms with Gasteiger partial charge in [0.25, 0.3) is 0 Å². The largest absolute Gasteiger partial charge is 0.387 e. The van der Waals surface area contributed by atoms with Gasteiger partial charge in [-0.05, 0) is 11.1 Å². The summed E-state index contributed by atoms with van der Waals surface area (Å²) in [7, 11) is 0. The molecule has 5 rings (SSSR count). The first-order valence-corrected chi connectivity index (χ1v) is 13.2. The number of ether oxygens (including phenoxy) is 6. The maximum atomic E-state index is 10.8. The monoisotopic (exact) mass is 564 g/mol. The van der Waals surface area contributed by atoms with Crippen LogP contribution in [0.4, 0.5) is 0 Å². The summed E-state index contributed by atoms with van der Waals surface area (Å²) in [6.07, 6.45) is -11.9. The Morgan fingerprint density at radius 3 is 1.30 bits per heavy atom. The van der Waals surface area contributed by atoms with Gasteiger partial charge >= 0.3 is 0 Å². The molecule has 3 heterocycles. The molecule has 0 aliphatic carbocycles. The van der Waals surface area contributed by atoms with Crippen LogP contribution in [-0.4, -0.2) is 117 Å². The molecule has 0 aromatic heterocycles. The molecule has 2 spiro atoms. The van der Waals surface area contributed by atoms with Gasteiger partial charge in [0, 0.05) is 0 Å². The van der Waals surface area contributed by atoms with Gasteiger partial charge < -0.3 is 59.1 Å². The third kappa shape index (κ3) is 5.95. The van der Waals surface area contributed by atoms with Crippen LogP contribution in [0.3, 0.4) is 0 Å². The Balaban J connectivity index is 1.22. The summed E-state index contributed by atoms with van der Waals surface area (Å²) in [6, 6.07) is 18.7. The van der Waals surface area contributed by atoms with E-state index in [1.807, 2.05) is 60.7 Å². The smallest absolute Gasteiger partial charge is 0.222 e. The Kier molecular flexibility index (Phi) is 9.17. The zero-order chi connectivity index (χ0) is 28.3. The fourth-order valence-electron chi connectivity index (χ4n) is 5.13. The van der Waals surface area contributed by atoms with E-state index in [9.17, 15) is 30.6 Å². The summed E-state index contributed by atoms with van der Waals surface area (Å²) in [5.41, 5.74) is 1.79. The van der Waals surface area contributed by atoms with Gasteiger partial charge in [-0.2, -0.15) is 0 Å². The Morgan fingerprint density at radius 1 is 0.575 bits per heavy atom. The minimum atomic E-state index is -1.92. The van der Waals surface area contributed by atoms with Crippen LogP contribution < -0.4 is 0 Å². The minimum absolute atomic E-state index is 0.124. The third-order valence-electron chi connectivity index (χ3n) is 7.53. The lowest BCUT2D eigenvalue weighted by Gasteiger charge is -2.56. The standard InChI is InChI=1S/C28H36O12/c29-21-19(13-35-11-17-7-3-1-4-8-17)39-27(25(33)23(21)31)15-38-28(16-37-27)26(34)24(32)22(30)20(40-28)14-36-12-18-9-5-2-6-10-18/h1-10,19-26,29-34H,11-16H2/t19-,20-,21+,22+,23+,24+,25-,26-,27-,28-/m1/s1. The molecule has 3 saturated heterocycles. The van der Waals surface area contributed by atoms with Gasteiger partial charge in [-0.3, -0.25) is 0 Å². The Bertz CT molecular complexity index is 978. The van der Waals surface area contributed by atoms with Crippen LogP contribution in [0.5, 0.6) is 0 Å². The predicted octanol–water partition coefficient (Wildman–Crippen LogP) is -1.18. The third-order valence-corrected chi connectivity index (χ3v) is 7.53. The maximum absolute atomic E-state index is 10.8. The van der Waals surface area contributed by atoms with Gasteiger partial charge in [0.2, 0.25) is 11.6 Å². The minimum Gasteiger partial charge on any atom is -0.387 e. The van der Waals surface area contributed by atoms with Crippen molar-refractivity contribution in [3.8, 4) is 0 Å². The van der Waals surface area contributed by atoms with Crippen LogP contribution in [0.15, 0.2) is 60.7 Å². The van der Waals surface area contributed by atoms with Crippen LogP contribution in [-0.2, 0) is 41.6 Å². The van der Waals surface area contributed by atoms with Crippen molar-refractivity contribution in [1.29, 1.82) is 0 Å². The quantitative estimate of drug-likeness (QED) is 0.227. The van der Waals surface area contributed by atoms with Gasteiger partial charge in [0.15, 0.2) is 0 Å². The second-order valence-corrected chi connectivity index (χ2v) is 10.4.